The molecule has 5 nitrogen and oxygen atoms in total. The summed E-state index contributed by atoms with van der Waals surface area (Å²) in [7, 11) is 1.71. The SMILES string of the molecule is CCc1nc(C)c([C@@H](C)N(C)C(=O)c2ncccc2O)s1. The van der Waals surface area contributed by atoms with Crippen LogP contribution >= 0.6 is 11.3 Å². The molecule has 0 aliphatic rings. The number of hydrogen-bond acceptors (Lipinski definition) is 5. The minimum absolute atomic E-state index is 0.0738. The fourth-order valence-corrected chi connectivity index (χ4v) is 3.19. The van der Waals surface area contributed by atoms with E-state index < -0.39 is 0 Å². The van der Waals surface area contributed by atoms with Crippen LogP contribution in [0.4, 0.5) is 0 Å². The Morgan fingerprint density at radius 3 is 2.81 bits per heavy atom. The van der Waals surface area contributed by atoms with Gasteiger partial charge in [-0.15, -0.1) is 11.3 Å². The summed E-state index contributed by atoms with van der Waals surface area (Å²) in [5.74, 6) is -0.400. The summed E-state index contributed by atoms with van der Waals surface area (Å²) in [5.41, 5.74) is 1.03. The molecular weight excluding hydrogens is 286 g/mol. The van der Waals surface area contributed by atoms with E-state index in [9.17, 15) is 9.90 Å². The Morgan fingerprint density at radius 2 is 2.24 bits per heavy atom. The first-order chi connectivity index (χ1) is 9.95. The van der Waals surface area contributed by atoms with E-state index >= 15 is 0 Å². The van der Waals surface area contributed by atoms with Crippen molar-refractivity contribution in [1.29, 1.82) is 0 Å². The van der Waals surface area contributed by atoms with E-state index in [4.69, 9.17) is 0 Å². The van der Waals surface area contributed by atoms with E-state index in [0.29, 0.717) is 0 Å². The Balaban J connectivity index is 2.26. The van der Waals surface area contributed by atoms with E-state index in [1.54, 1.807) is 29.4 Å². The van der Waals surface area contributed by atoms with Gasteiger partial charge in [-0.1, -0.05) is 6.92 Å². The number of nitrogens with zero attached hydrogens (tertiary/aromatic N) is 3. The second-order valence-corrected chi connectivity index (χ2v) is 5.99. The molecule has 2 aromatic rings. The van der Waals surface area contributed by atoms with Crippen LogP contribution in [0.1, 0.15) is 46.0 Å². The first-order valence-corrected chi connectivity index (χ1v) is 7.64. The van der Waals surface area contributed by atoms with Gasteiger partial charge >= 0.3 is 0 Å². The standard InChI is InChI=1S/C15H19N3O2S/c1-5-12-17-9(2)14(21-12)10(3)18(4)15(20)13-11(19)7-6-8-16-13/h6-8,10,19H,5H2,1-4H3/t10-/m1/s1. The molecule has 1 atom stereocenters. The molecule has 21 heavy (non-hydrogen) atoms. The van der Waals surface area contributed by atoms with Crippen molar-refractivity contribution in [2.75, 3.05) is 7.05 Å². The zero-order valence-electron chi connectivity index (χ0n) is 12.6. The Bertz CT molecular complexity index is 654. The summed E-state index contributed by atoms with van der Waals surface area (Å²) in [4.78, 5) is 23.6. The monoisotopic (exact) mass is 305 g/mol. The number of pyridine rings is 1. The van der Waals surface area contributed by atoms with E-state index in [0.717, 1.165) is 22.0 Å². The zero-order valence-corrected chi connectivity index (χ0v) is 13.4. The second-order valence-electron chi connectivity index (χ2n) is 4.87. The van der Waals surface area contributed by atoms with Crippen LogP contribution in [0.3, 0.4) is 0 Å². The lowest BCUT2D eigenvalue weighted by atomic mass is 10.2. The van der Waals surface area contributed by atoms with Crippen LogP contribution in [-0.4, -0.2) is 32.9 Å². The van der Waals surface area contributed by atoms with Crippen LogP contribution in [0.5, 0.6) is 5.75 Å². The van der Waals surface area contributed by atoms with Crippen LogP contribution in [0.15, 0.2) is 18.3 Å². The third-order valence-electron chi connectivity index (χ3n) is 3.45. The lowest BCUT2D eigenvalue weighted by Gasteiger charge is -2.24. The minimum Gasteiger partial charge on any atom is -0.505 e. The number of aromatic nitrogens is 2. The molecule has 0 aromatic carbocycles. The molecule has 112 valence electrons. The predicted octanol–water partition coefficient (Wildman–Crippen LogP) is 2.95. The second kappa shape index (κ2) is 6.22. The van der Waals surface area contributed by atoms with Crippen molar-refractivity contribution in [3.8, 4) is 5.75 Å². The molecule has 2 heterocycles. The van der Waals surface area contributed by atoms with Crippen molar-refractivity contribution in [3.05, 3.63) is 39.6 Å². The number of aromatic hydroxyl groups is 1. The number of amides is 1. The van der Waals surface area contributed by atoms with Gasteiger partial charge in [-0.3, -0.25) is 4.79 Å². The van der Waals surface area contributed by atoms with Crippen LogP contribution in [0.25, 0.3) is 0 Å². The molecule has 0 unspecified atom stereocenters. The average molecular weight is 305 g/mol. The summed E-state index contributed by atoms with van der Waals surface area (Å²) < 4.78 is 0. The van der Waals surface area contributed by atoms with Crippen molar-refractivity contribution in [2.24, 2.45) is 0 Å². The number of thiazole rings is 1. The summed E-state index contributed by atoms with van der Waals surface area (Å²) in [6, 6.07) is 2.94. The molecule has 0 fully saturated rings. The molecular formula is C15H19N3O2S. The van der Waals surface area contributed by atoms with Crippen molar-refractivity contribution in [2.45, 2.75) is 33.2 Å². The van der Waals surface area contributed by atoms with Crippen molar-refractivity contribution in [1.82, 2.24) is 14.9 Å². The van der Waals surface area contributed by atoms with Crippen molar-refractivity contribution >= 4 is 17.2 Å². The van der Waals surface area contributed by atoms with Gasteiger partial charge in [0, 0.05) is 18.1 Å². The number of aryl methyl sites for hydroxylation is 2. The Kier molecular flexibility index (Phi) is 4.57. The van der Waals surface area contributed by atoms with Crippen molar-refractivity contribution in [3.63, 3.8) is 0 Å². The predicted molar refractivity (Wildman–Crippen MR) is 82.6 cm³/mol. The quantitative estimate of drug-likeness (QED) is 0.943. The van der Waals surface area contributed by atoms with Gasteiger partial charge in [0.15, 0.2) is 5.69 Å². The van der Waals surface area contributed by atoms with E-state index in [1.807, 2.05) is 13.8 Å². The molecule has 1 N–H and O–H groups in total. The summed E-state index contributed by atoms with van der Waals surface area (Å²) in [5, 5.41) is 10.8. The van der Waals surface area contributed by atoms with Crippen LogP contribution < -0.4 is 0 Å². The third kappa shape index (κ3) is 3.05. The number of carbonyl (C=O) groups is 1. The highest BCUT2D eigenvalue weighted by atomic mass is 32.1. The molecule has 0 bridgehead atoms. The molecule has 2 rings (SSSR count). The third-order valence-corrected chi connectivity index (χ3v) is 4.92. The lowest BCUT2D eigenvalue weighted by Crippen LogP contribution is -2.30. The largest absolute Gasteiger partial charge is 0.505 e. The maximum atomic E-state index is 12.5. The Labute approximate surface area is 128 Å². The van der Waals surface area contributed by atoms with Crippen LogP contribution in [-0.2, 0) is 6.42 Å². The smallest absolute Gasteiger partial charge is 0.276 e. The van der Waals surface area contributed by atoms with Gasteiger partial charge in [0.1, 0.15) is 5.75 Å². The zero-order chi connectivity index (χ0) is 15.6. The molecule has 2 aromatic heterocycles. The molecule has 0 saturated carbocycles. The van der Waals surface area contributed by atoms with Crippen LogP contribution in [0, 0.1) is 6.92 Å². The van der Waals surface area contributed by atoms with Gasteiger partial charge in [0.05, 0.1) is 16.7 Å². The number of rotatable bonds is 4. The Morgan fingerprint density at radius 1 is 1.52 bits per heavy atom. The van der Waals surface area contributed by atoms with Gasteiger partial charge in [-0.25, -0.2) is 9.97 Å². The lowest BCUT2D eigenvalue weighted by molar-refractivity contribution is 0.0735. The molecule has 0 spiro atoms. The topological polar surface area (TPSA) is 66.3 Å². The van der Waals surface area contributed by atoms with Crippen molar-refractivity contribution < 1.29 is 9.90 Å². The molecule has 6 heteroatoms. The first-order valence-electron chi connectivity index (χ1n) is 6.83. The maximum absolute atomic E-state index is 12.5. The molecule has 0 radical (unpaired) electrons. The molecule has 1 amide bonds. The first kappa shape index (κ1) is 15.4. The highest BCUT2D eigenvalue weighted by Gasteiger charge is 2.25. The molecule has 0 saturated heterocycles. The average Bonchev–Trinajstić information content (AvgIpc) is 2.86. The summed E-state index contributed by atoms with van der Waals surface area (Å²) >= 11 is 1.62. The van der Waals surface area contributed by atoms with E-state index in [-0.39, 0.29) is 23.4 Å². The summed E-state index contributed by atoms with van der Waals surface area (Å²) in [6.45, 7) is 5.98. The summed E-state index contributed by atoms with van der Waals surface area (Å²) in [6.07, 6.45) is 2.38. The molecule has 0 aliphatic carbocycles. The fourth-order valence-electron chi connectivity index (χ4n) is 2.08. The fraction of sp³-hybridized carbons (Fsp3) is 0.400. The van der Waals surface area contributed by atoms with Crippen LogP contribution in [0.2, 0.25) is 0 Å². The van der Waals surface area contributed by atoms with Gasteiger partial charge in [0.2, 0.25) is 0 Å². The Hall–Kier alpha value is -1.95. The van der Waals surface area contributed by atoms with Gasteiger partial charge in [-0.05, 0) is 32.4 Å². The van der Waals surface area contributed by atoms with Gasteiger partial charge in [-0.2, -0.15) is 0 Å². The highest BCUT2D eigenvalue weighted by molar-refractivity contribution is 7.11. The van der Waals surface area contributed by atoms with Gasteiger partial charge < -0.3 is 10.0 Å². The van der Waals surface area contributed by atoms with E-state index in [2.05, 4.69) is 16.9 Å². The van der Waals surface area contributed by atoms with E-state index in [1.165, 1.54) is 12.3 Å². The highest BCUT2D eigenvalue weighted by Crippen LogP contribution is 2.30. The normalized spacial score (nSPS) is 12.2. The number of carbonyl (C=O) groups excluding carboxylic acids is 1. The molecule has 0 aliphatic heterocycles. The number of hydrogen-bond donors (Lipinski definition) is 1. The maximum Gasteiger partial charge on any atom is 0.276 e. The van der Waals surface area contributed by atoms with Gasteiger partial charge in [0.25, 0.3) is 5.91 Å². The minimum atomic E-state index is -0.300.